The van der Waals surface area contributed by atoms with Crippen LogP contribution in [0, 0.1) is 10.1 Å². The van der Waals surface area contributed by atoms with Crippen LogP contribution in [0.25, 0.3) is 0 Å². The zero-order valence-corrected chi connectivity index (χ0v) is 13.0. The van der Waals surface area contributed by atoms with Gasteiger partial charge in [0.1, 0.15) is 12.6 Å². The van der Waals surface area contributed by atoms with Crippen LogP contribution in [0.15, 0.2) is 12.1 Å². The van der Waals surface area contributed by atoms with Gasteiger partial charge in [0.15, 0.2) is 11.5 Å². The van der Waals surface area contributed by atoms with E-state index in [1.54, 1.807) is 6.92 Å². The van der Waals surface area contributed by atoms with Gasteiger partial charge in [0.05, 0.1) is 11.0 Å². The predicted molar refractivity (Wildman–Crippen MR) is 79.2 cm³/mol. The van der Waals surface area contributed by atoms with Crippen molar-refractivity contribution in [2.24, 2.45) is 0 Å². The van der Waals surface area contributed by atoms with Crippen LogP contribution in [0.2, 0.25) is 0 Å². The number of nitro groups is 1. The molecule has 0 saturated heterocycles. The summed E-state index contributed by atoms with van der Waals surface area (Å²) < 4.78 is 15.2. The maximum absolute atomic E-state index is 11.5. The van der Waals surface area contributed by atoms with E-state index in [2.05, 4.69) is 5.32 Å². The number of nitrogens with one attached hydrogen (secondary N) is 1. The number of rotatable bonds is 6. The number of carbonyl (C=O) groups excluding carboxylic acids is 1. The molecule has 1 aliphatic rings. The van der Waals surface area contributed by atoms with Crippen LogP contribution in [-0.2, 0) is 9.53 Å². The Kier molecular flexibility index (Phi) is 5.07. The molecule has 1 aromatic carbocycles. The van der Waals surface area contributed by atoms with Crippen LogP contribution >= 0.6 is 0 Å². The van der Waals surface area contributed by atoms with Crippen molar-refractivity contribution < 1.29 is 33.8 Å². The minimum Gasteiger partial charge on any atom is -0.480 e. The number of carboxylic acids is 1. The minimum absolute atomic E-state index is 0.0176. The highest BCUT2D eigenvalue weighted by molar-refractivity contribution is 5.79. The third kappa shape index (κ3) is 3.83. The molecular weight excluding hydrogens is 324 g/mol. The highest BCUT2D eigenvalue weighted by atomic mass is 16.7. The smallest absolute Gasteiger partial charge is 0.407 e. The molecule has 2 N–H and O–H groups in total. The largest absolute Gasteiger partial charge is 0.480 e. The van der Waals surface area contributed by atoms with Gasteiger partial charge in [0.25, 0.3) is 5.69 Å². The van der Waals surface area contributed by atoms with Crippen molar-refractivity contribution in [3.05, 3.63) is 27.8 Å². The van der Waals surface area contributed by atoms with E-state index < -0.39 is 28.9 Å². The molecule has 0 saturated carbocycles. The maximum atomic E-state index is 11.5. The van der Waals surface area contributed by atoms with Crippen LogP contribution in [0.5, 0.6) is 11.5 Å². The molecule has 0 bridgehead atoms. The number of hydrogen-bond acceptors (Lipinski definition) is 7. The molecule has 2 unspecified atom stereocenters. The van der Waals surface area contributed by atoms with Crippen LogP contribution in [-0.4, -0.2) is 41.5 Å². The summed E-state index contributed by atoms with van der Waals surface area (Å²) in [4.78, 5) is 32.8. The lowest BCUT2D eigenvalue weighted by Gasteiger charge is -2.15. The number of ether oxygens (including phenoxy) is 3. The Hall–Kier alpha value is -3.04. The Balaban J connectivity index is 2.07. The number of amides is 1. The molecule has 2 rings (SSSR count). The lowest BCUT2D eigenvalue weighted by Crippen LogP contribution is -2.39. The van der Waals surface area contributed by atoms with E-state index in [9.17, 15) is 19.7 Å². The van der Waals surface area contributed by atoms with Crippen LogP contribution in [0.4, 0.5) is 10.5 Å². The molecule has 10 nitrogen and oxygen atoms in total. The summed E-state index contributed by atoms with van der Waals surface area (Å²) in [5.74, 6) is -1.05. The molecule has 1 heterocycles. The van der Waals surface area contributed by atoms with E-state index in [1.807, 2.05) is 0 Å². The summed E-state index contributed by atoms with van der Waals surface area (Å²) in [5.41, 5.74) is 0.151. The third-order valence-corrected chi connectivity index (χ3v) is 3.42. The van der Waals surface area contributed by atoms with Gasteiger partial charge in [-0.3, -0.25) is 14.9 Å². The maximum Gasteiger partial charge on any atom is 0.407 e. The quantitative estimate of drug-likeness (QED) is 0.588. The first-order chi connectivity index (χ1) is 11.3. The Morgan fingerprint density at radius 1 is 1.38 bits per heavy atom. The summed E-state index contributed by atoms with van der Waals surface area (Å²) in [6, 6.07) is 1.64. The number of alkyl carbamates (subject to hydrolysis) is 1. The molecule has 0 aromatic heterocycles. The van der Waals surface area contributed by atoms with Crippen molar-refractivity contribution in [3.8, 4) is 11.5 Å². The SMILES string of the molecule is CC(NC(=O)OCC(C)c1cc2c(cc1[N+](=O)[O-])OCO2)C(=O)O. The summed E-state index contributed by atoms with van der Waals surface area (Å²) in [7, 11) is 0. The molecule has 0 fully saturated rings. The van der Waals surface area contributed by atoms with Gasteiger partial charge < -0.3 is 24.6 Å². The minimum atomic E-state index is -1.20. The van der Waals surface area contributed by atoms with E-state index in [0.29, 0.717) is 11.3 Å². The summed E-state index contributed by atoms with van der Waals surface area (Å²) in [6.45, 7) is 2.74. The first-order valence-corrected chi connectivity index (χ1v) is 7.03. The Morgan fingerprint density at radius 3 is 2.58 bits per heavy atom. The Morgan fingerprint density at radius 2 is 2.00 bits per heavy atom. The van der Waals surface area contributed by atoms with Crippen molar-refractivity contribution >= 4 is 17.7 Å². The van der Waals surface area contributed by atoms with Gasteiger partial charge >= 0.3 is 12.1 Å². The van der Waals surface area contributed by atoms with Crippen LogP contribution in [0.1, 0.15) is 25.3 Å². The fraction of sp³-hybridized carbons (Fsp3) is 0.429. The number of hydrogen-bond donors (Lipinski definition) is 2. The fourth-order valence-corrected chi connectivity index (χ4v) is 2.07. The lowest BCUT2D eigenvalue weighted by molar-refractivity contribution is -0.385. The van der Waals surface area contributed by atoms with Crippen molar-refractivity contribution in [2.75, 3.05) is 13.4 Å². The number of benzene rings is 1. The van der Waals surface area contributed by atoms with Crippen LogP contribution < -0.4 is 14.8 Å². The molecule has 10 heteroatoms. The number of nitro benzene ring substituents is 1. The summed E-state index contributed by atoms with van der Waals surface area (Å²) in [6.07, 6.45) is -0.917. The molecule has 0 spiro atoms. The first kappa shape index (κ1) is 17.3. The second-order valence-corrected chi connectivity index (χ2v) is 5.23. The zero-order chi connectivity index (χ0) is 17.9. The summed E-state index contributed by atoms with van der Waals surface area (Å²) in [5, 5.41) is 22.0. The highest BCUT2D eigenvalue weighted by Gasteiger charge is 2.27. The van der Waals surface area contributed by atoms with Crippen molar-refractivity contribution in [1.82, 2.24) is 5.32 Å². The van der Waals surface area contributed by atoms with Gasteiger partial charge in [-0.25, -0.2) is 4.79 Å². The number of aliphatic carboxylic acids is 1. The van der Waals surface area contributed by atoms with E-state index in [0.717, 1.165) is 0 Å². The molecule has 1 aromatic rings. The predicted octanol–water partition coefficient (Wildman–Crippen LogP) is 1.63. The van der Waals surface area contributed by atoms with Gasteiger partial charge in [-0.1, -0.05) is 6.92 Å². The molecule has 0 aliphatic carbocycles. The normalized spacial score (nSPS) is 14.6. The van der Waals surface area contributed by atoms with Gasteiger partial charge in [0.2, 0.25) is 6.79 Å². The molecule has 1 amide bonds. The van der Waals surface area contributed by atoms with Crippen molar-refractivity contribution in [2.45, 2.75) is 25.8 Å². The van der Waals surface area contributed by atoms with Gasteiger partial charge in [0, 0.05) is 11.5 Å². The van der Waals surface area contributed by atoms with E-state index in [-0.39, 0.29) is 24.8 Å². The van der Waals surface area contributed by atoms with Gasteiger partial charge in [-0.05, 0) is 13.0 Å². The molecule has 24 heavy (non-hydrogen) atoms. The fourth-order valence-electron chi connectivity index (χ4n) is 2.07. The monoisotopic (exact) mass is 340 g/mol. The second-order valence-electron chi connectivity index (χ2n) is 5.23. The topological polar surface area (TPSA) is 137 Å². The third-order valence-electron chi connectivity index (χ3n) is 3.42. The Bertz CT molecular complexity index is 675. The van der Waals surface area contributed by atoms with Gasteiger partial charge in [-0.2, -0.15) is 0 Å². The van der Waals surface area contributed by atoms with E-state index in [1.165, 1.54) is 19.1 Å². The number of carbonyl (C=O) groups is 2. The average molecular weight is 340 g/mol. The standard InChI is InChI=1S/C14H16N2O8/c1-7(5-22-14(19)15-8(2)13(17)18)9-3-11-12(24-6-23-11)4-10(9)16(20)21/h3-4,7-8H,5-6H2,1-2H3,(H,15,19)(H,17,18). The molecule has 2 atom stereocenters. The number of nitrogens with zero attached hydrogens (tertiary/aromatic N) is 1. The molecule has 130 valence electrons. The first-order valence-electron chi connectivity index (χ1n) is 7.03. The second kappa shape index (κ2) is 7.02. The number of fused-ring (bicyclic) bond motifs is 1. The molecular formula is C14H16N2O8. The number of carboxylic acid groups (broad SMARTS) is 1. The summed E-state index contributed by atoms with van der Waals surface area (Å²) >= 11 is 0. The zero-order valence-electron chi connectivity index (χ0n) is 13.0. The molecule has 1 aliphatic heterocycles. The average Bonchev–Trinajstić information content (AvgIpc) is 2.98. The lowest BCUT2D eigenvalue weighted by atomic mass is 9.99. The van der Waals surface area contributed by atoms with Crippen molar-refractivity contribution in [3.63, 3.8) is 0 Å². The molecule has 0 radical (unpaired) electrons. The van der Waals surface area contributed by atoms with E-state index >= 15 is 0 Å². The van der Waals surface area contributed by atoms with Gasteiger partial charge in [-0.15, -0.1) is 0 Å². The van der Waals surface area contributed by atoms with Crippen molar-refractivity contribution in [1.29, 1.82) is 0 Å². The van der Waals surface area contributed by atoms with Crippen LogP contribution in [0.3, 0.4) is 0 Å². The van der Waals surface area contributed by atoms with E-state index in [4.69, 9.17) is 19.3 Å². The Labute approximate surface area is 136 Å². The highest BCUT2D eigenvalue weighted by Crippen LogP contribution is 2.40.